The zero-order valence-corrected chi connectivity index (χ0v) is 21.1. The molecule has 0 unspecified atom stereocenters. The van der Waals surface area contributed by atoms with Crippen molar-refractivity contribution < 1.29 is 24.2 Å². The van der Waals surface area contributed by atoms with E-state index in [-0.39, 0.29) is 22.6 Å². The smallest absolute Gasteiger partial charge is 0.340 e. The molecule has 188 valence electrons. The number of nitrogens with one attached hydrogen (secondary N) is 1. The van der Waals surface area contributed by atoms with Crippen LogP contribution in [0.15, 0.2) is 85.2 Å². The van der Waals surface area contributed by atoms with Crippen LogP contribution in [-0.4, -0.2) is 34.7 Å². The number of pyridine rings is 1. The number of phenolic OH excluding ortho intramolecular Hbond substituents is 1. The minimum Gasteiger partial charge on any atom is -0.507 e. The summed E-state index contributed by atoms with van der Waals surface area (Å²) in [7, 11) is 1.58. The molecule has 7 heteroatoms. The maximum Gasteiger partial charge on any atom is 0.340 e. The number of ether oxygens (including phenoxy) is 2. The summed E-state index contributed by atoms with van der Waals surface area (Å²) in [6, 6.07) is 20.9. The SMILES string of the molecule is COc1ccccc1-c1ccc(C(=O)OC(C)(C)C)c(NC(=O)c2cc(-c3cccnc3)ccc2O)c1. The Kier molecular flexibility index (Phi) is 7.25. The fourth-order valence-electron chi connectivity index (χ4n) is 3.83. The number of benzene rings is 3. The molecule has 1 aromatic heterocycles. The molecule has 0 fully saturated rings. The second-order valence-corrected chi connectivity index (χ2v) is 9.39. The first-order valence-electron chi connectivity index (χ1n) is 11.7. The number of phenols is 1. The third kappa shape index (κ3) is 5.95. The Labute approximate surface area is 215 Å². The molecule has 0 saturated heterocycles. The van der Waals surface area contributed by atoms with Gasteiger partial charge in [0.05, 0.1) is 23.9 Å². The first-order chi connectivity index (χ1) is 17.7. The van der Waals surface area contributed by atoms with Gasteiger partial charge in [0, 0.05) is 23.5 Å². The molecule has 37 heavy (non-hydrogen) atoms. The highest BCUT2D eigenvalue weighted by molar-refractivity contribution is 6.10. The van der Waals surface area contributed by atoms with Crippen molar-refractivity contribution in [1.29, 1.82) is 0 Å². The Morgan fingerprint density at radius 1 is 0.865 bits per heavy atom. The lowest BCUT2D eigenvalue weighted by atomic mass is 10.0. The van der Waals surface area contributed by atoms with Crippen LogP contribution in [-0.2, 0) is 4.74 Å². The summed E-state index contributed by atoms with van der Waals surface area (Å²) in [6.45, 7) is 5.32. The van der Waals surface area contributed by atoms with Gasteiger partial charge in [-0.25, -0.2) is 4.79 Å². The maximum atomic E-state index is 13.4. The lowest BCUT2D eigenvalue weighted by molar-refractivity contribution is 0.00708. The zero-order chi connectivity index (χ0) is 26.6. The number of nitrogens with zero attached hydrogens (tertiary/aromatic N) is 1. The number of hydrogen-bond donors (Lipinski definition) is 2. The van der Waals surface area contributed by atoms with Crippen LogP contribution in [0.25, 0.3) is 22.3 Å². The van der Waals surface area contributed by atoms with Gasteiger partial charge in [0.2, 0.25) is 0 Å². The number of anilines is 1. The molecule has 0 radical (unpaired) electrons. The second kappa shape index (κ2) is 10.5. The van der Waals surface area contributed by atoms with E-state index in [0.29, 0.717) is 11.3 Å². The minimum atomic E-state index is -0.726. The lowest BCUT2D eigenvalue weighted by Gasteiger charge is -2.21. The Hall–Kier alpha value is -4.65. The standard InChI is InChI=1S/C30H28N2O5/c1-30(2,3)37-29(35)23-13-11-20(22-9-5-6-10-27(22)36-4)17-25(23)32-28(34)24-16-19(12-14-26(24)33)21-8-7-15-31-18-21/h5-18,33H,1-4H3,(H,32,34). The first-order valence-corrected chi connectivity index (χ1v) is 11.7. The maximum absolute atomic E-state index is 13.4. The van der Waals surface area contributed by atoms with E-state index in [1.54, 1.807) is 76.7 Å². The van der Waals surface area contributed by atoms with Crippen LogP contribution < -0.4 is 10.1 Å². The summed E-state index contributed by atoms with van der Waals surface area (Å²) in [5.74, 6) is -0.704. The van der Waals surface area contributed by atoms with E-state index in [1.807, 2.05) is 30.3 Å². The van der Waals surface area contributed by atoms with E-state index in [9.17, 15) is 14.7 Å². The normalized spacial score (nSPS) is 11.0. The van der Waals surface area contributed by atoms with Crippen LogP contribution in [0.1, 0.15) is 41.5 Å². The fourth-order valence-corrected chi connectivity index (χ4v) is 3.83. The van der Waals surface area contributed by atoms with Crippen molar-refractivity contribution in [2.75, 3.05) is 12.4 Å². The Balaban J connectivity index is 1.76. The summed E-state index contributed by atoms with van der Waals surface area (Å²) in [5.41, 5.74) is 2.79. The second-order valence-electron chi connectivity index (χ2n) is 9.39. The van der Waals surface area contributed by atoms with E-state index in [0.717, 1.165) is 16.7 Å². The molecule has 7 nitrogen and oxygen atoms in total. The van der Waals surface area contributed by atoms with E-state index in [2.05, 4.69) is 10.3 Å². The number of carbonyl (C=O) groups is 2. The summed E-state index contributed by atoms with van der Waals surface area (Å²) in [6.07, 6.45) is 3.33. The number of amides is 1. The number of para-hydroxylation sites is 1. The molecule has 4 rings (SSSR count). The fraction of sp³-hybridized carbons (Fsp3) is 0.167. The molecule has 4 aromatic rings. The van der Waals surface area contributed by atoms with E-state index in [1.165, 1.54) is 6.07 Å². The lowest BCUT2D eigenvalue weighted by Crippen LogP contribution is -2.25. The molecule has 0 atom stereocenters. The summed E-state index contributed by atoms with van der Waals surface area (Å²) >= 11 is 0. The Bertz CT molecular complexity index is 1440. The quantitative estimate of drug-likeness (QED) is 0.303. The van der Waals surface area contributed by atoms with Crippen molar-refractivity contribution in [3.63, 3.8) is 0 Å². The first kappa shape index (κ1) is 25.4. The third-order valence-corrected chi connectivity index (χ3v) is 5.54. The monoisotopic (exact) mass is 496 g/mol. The number of aromatic hydroxyl groups is 1. The number of esters is 1. The van der Waals surface area contributed by atoms with Crippen LogP contribution >= 0.6 is 0 Å². The van der Waals surface area contributed by atoms with Crippen molar-refractivity contribution in [2.24, 2.45) is 0 Å². The average molecular weight is 497 g/mol. The molecule has 0 saturated carbocycles. The number of hydrogen-bond acceptors (Lipinski definition) is 6. The van der Waals surface area contributed by atoms with Gasteiger partial charge >= 0.3 is 5.97 Å². The summed E-state index contributed by atoms with van der Waals surface area (Å²) in [4.78, 5) is 30.5. The summed E-state index contributed by atoms with van der Waals surface area (Å²) < 4.78 is 11.1. The number of aromatic nitrogens is 1. The zero-order valence-electron chi connectivity index (χ0n) is 21.1. The third-order valence-electron chi connectivity index (χ3n) is 5.54. The van der Waals surface area contributed by atoms with Gasteiger partial charge in [-0.3, -0.25) is 9.78 Å². The molecular formula is C30H28N2O5. The van der Waals surface area contributed by atoms with Crippen LogP contribution in [0.3, 0.4) is 0 Å². The Morgan fingerprint density at radius 3 is 2.32 bits per heavy atom. The van der Waals surface area contributed by atoms with Crippen molar-refractivity contribution >= 4 is 17.6 Å². The van der Waals surface area contributed by atoms with Crippen molar-refractivity contribution in [3.05, 3.63) is 96.3 Å². The van der Waals surface area contributed by atoms with E-state index in [4.69, 9.17) is 9.47 Å². The van der Waals surface area contributed by atoms with Gasteiger partial charge in [0.15, 0.2) is 0 Å². The molecule has 1 heterocycles. The van der Waals surface area contributed by atoms with Crippen molar-refractivity contribution in [3.8, 4) is 33.8 Å². The van der Waals surface area contributed by atoms with Crippen molar-refractivity contribution in [2.45, 2.75) is 26.4 Å². The van der Waals surface area contributed by atoms with E-state index < -0.39 is 17.5 Å². The molecule has 1 amide bonds. The molecule has 0 bridgehead atoms. The van der Waals surface area contributed by atoms with Crippen LogP contribution in [0, 0.1) is 0 Å². The van der Waals surface area contributed by atoms with Crippen LogP contribution in [0.5, 0.6) is 11.5 Å². The van der Waals surface area contributed by atoms with Gasteiger partial charge in [-0.15, -0.1) is 0 Å². The summed E-state index contributed by atoms with van der Waals surface area (Å²) in [5, 5.41) is 13.3. The predicted octanol–water partition coefficient (Wildman–Crippen LogP) is 6.34. The Morgan fingerprint density at radius 2 is 1.62 bits per heavy atom. The molecule has 0 aliphatic rings. The topological polar surface area (TPSA) is 97.8 Å². The molecule has 3 aromatic carbocycles. The average Bonchev–Trinajstić information content (AvgIpc) is 2.88. The van der Waals surface area contributed by atoms with Gasteiger partial charge in [-0.05, 0) is 68.3 Å². The highest BCUT2D eigenvalue weighted by atomic mass is 16.6. The molecule has 0 aliphatic heterocycles. The van der Waals surface area contributed by atoms with Gasteiger partial charge in [0.1, 0.15) is 17.1 Å². The van der Waals surface area contributed by atoms with Crippen LogP contribution in [0.4, 0.5) is 5.69 Å². The van der Waals surface area contributed by atoms with Gasteiger partial charge < -0.3 is 19.9 Å². The molecular weight excluding hydrogens is 468 g/mol. The molecule has 0 aliphatic carbocycles. The van der Waals surface area contributed by atoms with Crippen molar-refractivity contribution in [1.82, 2.24) is 4.98 Å². The minimum absolute atomic E-state index is 0.0548. The van der Waals surface area contributed by atoms with Gasteiger partial charge in [0.25, 0.3) is 5.91 Å². The largest absolute Gasteiger partial charge is 0.507 e. The number of rotatable bonds is 6. The van der Waals surface area contributed by atoms with Gasteiger partial charge in [-0.1, -0.05) is 36.4 Å². The number of methoxy groups -OCH3 is 1. The predicted molar refractivity (Wildman–Crippen MR) is 143 cm³/mol. The van der Waals surface area contributed by atoms with Gasteiger partial charge in [-0.2, -0.15) is 0 Å². The highest BCUT2D eigenvalue weighted by Crippen LogP contribution is 2.34. The highest BCUT2D eigenvalue weighted by Gasteiger charge is 2.23. The molecule has 2 N–H and O–H groups in total. The van der Waals surface area contributed by atoms with Crippen LogP contribution in [0.2, 0.25) is 0 Å². The number of carbonyl (C=O) groups excluding carboxylic acids is 2. The molecule has 0 spiro atoms. The van der Waals surface area contributed by atoms with E-state index >= 15 is 0 Å².